The lowest BCUT2D eigenvalue weighted by atomic mass is 10.1. The summed E-state index contributed by atoms with van der Waals surface area (Å²) in [5.41, 5.74) is -3.77. The highest BCUT2D eigenvalue weighted by Gasteiger charge is 2.37. The van der Waals surface area contributed by atoms with Gasteiger partial charge in [-0.2, -0.15) is 13.2 Å². The van der Waals surface area contributed by atoms with Crippen LogP contribution in [0, 0.1) is 0 Å². The molecule has 3 aromatic carbocycles. The van der Waals surface area contributed by atoms with Gasteiger partial charge in [-0.25, -0.2) is 19.2 Å². The Morgan fingerprint density at radius 3 is 1.50 bits per heavy atom. The van der Waals surface area contributed by atoms with E-state index in [0.717, 1.165) is 42.5 Å². The maximum absolute atomic E-state index is 13.8. The van der Waals surface area contributed by atoms with Crippen LogP contribution in [0.25, 0.3) is 0 Å². The molecule has 0 radical (unpaired) electrons. The minimum Gasteiger partial charge on any atom is -0.478 e. The number of hydrogen-bond donors (Lipinski definition) is 4. The molecule has 0 amide bonds. The third kappa shape index (κ3) is 5.35. The lowest BCUT2D eigenvalue weighted by molar-refractivity contribution is -0.138. The van der Waals surface area contributed by atoms with E-state index in [-0.39, 0.29) is 0 Å². The summed E-state index contributed by atoms with van der Waals surface area (Å²) in [6.07, 6.45) is -5.04. The quantitative estimate of drug-likeness (QED) is 0.323. The van der Waals surface area contributed by atoms with E-state index in [9.17, 15) is 42.6 Å². The second-order valence-electron chi connectivity index (χ2n) is 6.98. The molecule has 13 heteroatoms. The standard InChI is InChI=1S/C23H13F3O10/c24-23(25,26)14-2-1-3-17(35-15-6-4-10(19(27)28)8-12(15)21(31)32)18(14)36-16-7-5-11(20(29)30)9-13(16)22(33)34/h1-9H,(H,27,28)(H,29,30)(H,31,32)(H,33,34). The average Bonchev–Trinajstić information content (AvgIpc) is 2.79. The van der Waals surface area contributed by atoms with Gasteiger partial charge in [-0.05, 0) is 48.5 Å². The Labute approximate surface area is 198 Å². The second kappa shape index (κ2) is 9.66. The Balaban J connectivity index is 2.18. The van der Waals surface area contributed by atoms with Gasteiger partial charge < -0.3 is 29.9 Å². The molecule has 0 atom stereocenters. The van der Waals surface area contributed by atoms with Crippen molar-refractivity contribution in [3.05, 3.63) is 82.4 Å². The second-order valence-corrected chi connectivity index (χ2v) is 6.98. The molecule has 0 aliphatic heterocycles. The van der Waals surface area contributed by atoms with Crippen LogP contribution in [0.2, 0.25) is 0 Å². The molecule has 36 heavy (non-hydrogen) atoms. The molecule has 0 saturated heterocycles. The monoisotopic (exact) mass is 506 g/mol. The van der Waals surface area contributed by atoms with E-state index in [0.29, 0.717) is 12.1 Å². The Morgan fingerprint density at radius 2 is 1.08 bits per heavy atom. The van der Waals surface area contributed by atoms with Gasteiger partial charge >= 0.3 is 30.1 Å². The number of rotatable bonds is 8. The van der Waals surface area contributed by atoms with Crippen LogP contribution in [0.3, 0.4) is 0 Å². The van der Waals surface area contributed by atoms with Gasteiger partial charge in [-0.15, -0.1) is 0 Å². The van der Waals surface area contributed by atoms with Crippen LogP contribution in [0.1, 0.15) is 47.0 Å². The summed E-state index contributed by atoms with van der Waals surface area (Å²) in [5, 5.41) is 37.0. The molecule has 0 unspecified atom stereocenters. The molecule has 0 fully saturated rings. The normalized spacial score (nSPS) is 11.0. The van der Waals surface area contributed by atoms with Crippen LogP contribution >= 0.6 is 0 Å². The van der Waals surface area contributed by atoms with Gasteiger partial charge in [0.2, 0.25) is 0 Å². The Bertz CT molecular complexity index is 1400. The van der Waals surface area contributed by atoms with E-state index in [2.05, 4.69) is 0 Å². The van der Waals surface area contributed by atoms with Crippen LogP contribution in [0.4, 0.5) is 13.2 Å². The van der Waals surface area contributed by atoms with Crippen LogP contribution in [0.5, 0.6) is 23.0 Å². The van der Waals surface area contributed by atoms with Gasteiger partial charge in [0.25, 0.3) is 0 Å². The van der Waals surface area contributed by atoms with Crippen LogP contribution in [0.15, 0.2) is 54.6 Å². The fourth-order valence-corrected chi connectivity index (χ4v) is 2.99. The fourth-order valence-electron chi connectivity index (χ4n) is 2.99. The number of ether oxygens (including phenoxy) is 2. The van der Waals surface area contributed by atoms with Crippen molar-refractivity contribution in [3.63, 3.8) is 0 Å². The first-order valence-corrected chi connectivity index (χ1v) is 9.56. The van der Waals surface area contributed by atoms with E-state index in [1.54, 1.807) is 0 Å². The number of para-hydroxylation sites is 1. The van der Waals surface area contributed by atoms with E-state index in [1.165, 1.54) is 0 Å². The zero-order chi connectivity index (χ0) is 26.8. The highest BCUT2D eigenvalue weighted by atomic mass is 19.4. The van der Waals surface area contributed by atoms with Gasteiger partial charge in [-0.3, -0.25) is 0 Å². The SMILES string of the molecule is O=C(O)c1ccc(Oc2cccc(C(F)(F)F)c2Oc2ccc(C(=O)O)cc2C(=O)O)c(C(=O)O)c1. The van der Waals surface area contributed by atoms with E-state index in [1.807, 2.05) is 0 Å². The summed E-state index contributed by atoms with van der Waals surface area (Å²) >= 11 is 0. The smallest absolute Gasteiger partial charge is 0.420 e. The topological polar surface area (TPSA) is 168 Å². The van der Waals surface area contributed by atoms with Gasteiger partial charge in [0, 0.05) is 0 Å². The molecular formula is C23H13F3O10. The first-order valence-electron chi connectivity index (χ1n) is 9.56. The predicted octanol–water partition coefficient (Wildman–Crippen LogP) is 5.08. The van der Waals surface area contributed by atoms with Crippen molar-refractivity contribution in [3.8, 4) is 23.0 Å². The van der Waals surface area contributed by atoms with Crippen LogP contribution in [-0.4, -0.2) is 44.3 Å². The first-order chi connectivity index (χ1) is 16.8. The van der Waals surface area contributed by atoms with Crippen molar-refractivity contribution in [1.82, 2.24) is 0 Å². The molecule has 0 aromatic heterocycles. The predicted molar refractivity (Wildman–Crippen MR) is 112 cm³/mol. The molecule has 0 spiro atoms. The molecule has 10 nitrogen and oxygen atoms in total. The molecule has 3 rings (SSSR count). The zero-order valence-corrected chi connectivity index (χ0v) is 17.6. The van der Waals surface area contributed by atoms with Crippen molar-refractivity contribution in [2.75, 3.05) is 0 Å². The lowest BCUT2D eigenvalue weighted by Gasteiger charge is -2.19. The first kappa shape index (κ1) is 25.6. The number of carbonyl (C=O) groups is 4. The highest BCUT2D eigenvalue weighted by Crippen LogP contribution is 2.46. The molecule has 0 heterocycles. The van der Waals surface area contributed by atoms with E-state index >= 15 is 0 Å². The zero-order valence-electron chi connectivity index (χ0n) is 17.6. The average molecular weight is 506 g/mol. The minimum absolute atomic E-state index is 0.426. The minimum atomic E-state index is -5.04. The van der Waals surface area contributed by atoms with Crippen molar-refractivity contribution < 1.29 is 62.2 Å². The molecule has 186 valence electrons. The largest absolute Gasteiger partial charge is 0.478 e. The molecule has 3 aromatic rings. The molecule has 0 aliphatic carbocycles. The molecule has 0 bridgehead atoms. The number of aromatic carboxylic acids is 4. The Kier molecular flexibility index (Phi) is 6.85. The lowest BCUT2D eigenvalue weighted by Crippen LogP contribution is -2.10. The number of halogens is 3. The third-order valence-electron chi connectivity index (χ3n) is 4.63. The number of benzene rings is 3. The maximum Gasteiger partial charge on any atom is 0.420 e. The number of carboxylic acids is 4. The Morgan fingerprint density at radius 1 is 0.611 bits per heavy atom. The molecule has 4 N–H and O–H groups in total. The van der Waals surface area contributed by atoms with Crippen molar-refractivity contribution >= 4 is 23.9 Å². The van der Waals surface area contributed by atoms with Crippen LogP contribution in [-0.2, 0) is 6.18 Å². The Hall–Kier alpha value is -5.07. The van der Waals surface area contributed by atoms with Crippen LogP contribution < -0.4 is 9.47 Å². The molecule has 0 saturated carbocycles. The summed E-state index contributed by atoms with van der Waals surface area (Å²) in [5.74, 6) is -9.21. The van der Waals surface area contributed by atoms with Crippen molar-refractivity contribution in [1.29, 1.82) is 0 Å². The summed E-state index contributed by atoms with van der Waals surface area (Å²) in [6.45, 7) is 0. The molecule has 0 aliphatic rings. The number of hydrogen-bond acceptors (Lipinski definition) is 6. The fraction of sp³-hybridized carbons (Fsp3) is 0.0435. The van der Waals surface area contributed by atoms with Gasteiger partial charge in [0.1, 0.15) is 28.2 Å². The van der Waals surface area contributed by atoms with Crippen molar-refractivity contribution in [2.24, 2.45) is 0 Å². The van der Waals surface area contributed by atoms with Gasteiger partial charge in [-0.1, -0.05) is 6.07 Å². The maximum atomic E-state index is 13.8. The van der Waals surface area contributed by atoms with E-state index in [4.69, 9.17) is 19.7 Å². The highest BCUT2D eigenvalue weighted by molar-refractivity contribution is 5.97. The van der Waals surface area contributed by atoms with Crippen molar-refractivity contribution in [2.45, 2.75) is 6.18 Å². The van der Waals surface area contributed by atoms with Gasteiger partial charge in [0.05, 0.1) is 11.1 Å². The molecular weight excluding hydrogens is 493 g/mol. The van der Waals surface area contributed by atoms with E-state index < -0.39 is 80.9 Å². The summed E-state index contributed by atoms with van der Waals surface area (Å²) in [4.78, 5) is 45.5. The number of alkyl halides is 3. The van der Waals surface area contributed by atoms with Gasteiger partial charge in [0.15, 0.2) is 11.5 Å². The third-order valence-corrected chi connectivity index (χ3v) is 4.63. The summed E-state index contributed by atoms with van der Waals surface area (Å²) < 4.78 is 51.9. The number of carboxylic acid groups (broad SMARTS) is 4. The summed E-state index contributed by atoms with van der Waals surface area (Å²) in [7, 11) is 0. The summed E-state index contributed by atoms with van der Waals surface area (Å²) in [6, 6.07) is 7.55.